The van der Waals surface area contributed by atoms with Crippen molar-refractivity contribution in [1.29, 1.82) is 0 Å². The number of hydrogen-bond donors (Lipinski definition) is 2. The molecule has 2 N–H and O–H groups in total. The van der Waals surface area contributed by atoms with Crippen molar-refractivity contribution in [1.82, 2.24) is 5.32 Å². The van der Waals surface area contributed by atoms with E-state index in [1.165, 1.54) is 18.2 Å². The number of benzene rings is 1. The molecule has 1 amide bonds. The Bertz CT molecular complexity index is 501. The molecule has 4 heteroatoms. The van der Waals surface area contributed by atoms with Crippen molar-refractivity contribution in [3.8, 4) is 11.8 Å². The van der Waals surface area contributed by atoms with Gasteiger partial charge in [0.1, 0.15) is 5.82 Å². The van der Waals surface area contributed by atoms with Crippen molar-refractivity contribution in [2.24, 2.45) is 5.92 Å². The molecule has 0 aliphatic rings. The average Bonchev–Trinajstić information content (AvgIpc) is 2.38. The molecule has 0 atom stereocenters. The second kappa shape index (κ2) is 7.55. The second-order valence-electron chi connectivity index (χ2n) is 4.57. The third-order valence-corrected chi connectivity index (χ3v) is 2.35. The van der Waals surface area contributed by atoms with Gasteiger partial charge in [0.25, 0.3) is 5.91 Å². The van der Waals surface area contributed by atoms with Crippen molar-refractivity contribution in [2.45, 2.75) is 20.3 Å². The summed E-state index contributed by atoms with van der Waals surface area (Å²) in [6.45, 7) is 4.41. The van der Waals surface area contributed by atoms with Gasteiger partial charge in [0.15, 0.2) is 0 Å². The smallest absolute Gasteiger partial charge is 0.254 e. The minimum Gasteiger partial charge on any atom is -0.395 e. The van der Waals surface area contributed by atoms with Crippen LogP contribution < -0.4 is 5.32 Å². The van der Waals surface area contributed by atoms with Gasteiger partial charge in [-0.25, -0.2) is 4.39 Å². The summed E-state index contributed by atoms with van der Waals surface area (Å²) in [5.74, 6) is 4.82. The highest BCUT2D eigenvalue weighted by Gasteiger charge is 2.12. The van der Waals surface area contributed by atoms with Crippen LogP contribution in [-0.4, -0.2) is 24.2 Å². The van der Waals surface area contributed by atoms with Crippen molar-refractivity contribution in [3.05, 3.63) is 35.1 Å². The van der Waals surface area contributed by atoms with Crippen LogP contribution in [0.25, 0.3) is 0 Å². The Hall–Kier alpha value is -1.86. The van der Waals surface area contributed by atoms with Gasteiger partial charge in [0.2, 0.25) is 0 Å². The summed E-state index contributed by atoms with van der Waals surface area (Å²) in [5, 5.41) is 11.3. The molecule has 102 valence electrons. The van der Waals surface area contributed by atoms with Crippen LogP contribution in [0, 0.1) is 23.6 Å². The predicted molar refractivity (Wildman–Crippen MR) is 72.2 cm³/mol. The molecule has 1 aromatic carbocycles. The summed E-state index contributed by atoms with van der Waals surface area (Å²) in [6, 6.07) is 4.17. The van der Waals surface area contributed by atoms with Gasteiger partial charge in [-0.15, -0.1) is 0 Å². The number of aliphatic hydroxyl groups excluding tert-OH is 1. The lowest BCUT2D eigenvalue weighted by molar-refractivity contribution is 0.0945. The van der Waals surface area contributed by atoms with Crippen LogP contribution in [0.2, 0.25) is 0 Å². The van der Waals surface area contributed by atoms with Crippen LogP contribution in [-0.2, 0) is 0 Å². The van der Waals surface area contributed by atoms with Crippen molar-refractivity contribution in [2.75, 3.05) is 13.2 Å². The lowest BCUT2D eigenvalue weighted by Crippen LogP contribution is -2.28. The van der Waals surface area contributed by atoms with Gasteiger partial charge < -0.3 is 10.4 Å². The fraction of sp³-hybridized carbons (Fsp3) is 0.400. The van der Waals surface area contributed by atoms with E-state index in [-0.39, 0.29) is 12.2 Å². The van der Waals surface area contributed by atoms with Gasteiger partial charge in [-0.3, -0.25) is 4.79 Å². The lowest BCUT2D eigenvalue weighted by atomic mass is 10.1. The zero-order chi connectivity index (χ0) is 14.3. The highest BCUT2D eigenvalue weighted by atomic mass is 19.1. The molecule has 0 aromatic heterocycles. The minimum absolute atomic E-state index is 0.00329. The van der Waals surface area contributed by atoms with E-state index in [1.807, 2.05) is 13.8 Å². The van der Waals surface area contributed by atoms with Crippen LogP contribution in [0.15, 0.2) is 18.2 Å². The molecule has 0 aliphatic carbocycles. The van der Waals surface area contributed by atoms with Crippen molar-refractivity contribution >= 4 is 5.91 Å². The van der Waals surface area contributed by atoms with Gasteiger partial charge in [-0.2, -0.15) is 0 Å². The van der Waals surface area contributed by atoms with E-state index in [0.717, 1.165) is 0 Å². The van der Waals surface area contributed by atoms with E-state index in [1.54, 1.807) is 0 Å². The van der Waals surface area contributed by atoms with Crippen molar-refractivity contribution < 1.29 is 14.3 Å². The predicted octanol–water partition coefficient (Wildman–Crippen LogP) is 1.95. The molecule has 1 rings (SSSR count). The van der Waals surface area contributed by atoms with E-state index in [4.69, 9.17) is 5.11 Å². The zero-order valence-electron chi connectivity index (χ0n) is 11.2. The Kier molecular flexibility index (Phi) is 6.04. The standard InChI is InChI=1S/C15H18FNO2/c1-11(2)10-17-15(19)13-9-12(5-3-4-8-18)6-7-14(13)16/h6-7,9,11,18H,4,8,10H2,1-2H3,(H,17,19). The molecule has 0 fully saturated rings. The summed E-state index contributed by atoms with van der Waals surface area (Å²) in [7, 11) is 0. The Morgan fingerprint density at radius 2 is 2.21 bits per heavy atom. The fourth-order valence-corrected chi connectivity index (χ4v) is 1.39. The average molecular weight is 263 g/mol. The van der Waals surface area contributed by atoms with E-state index in [0.29, 0.717) is 24.4 Å². The fourth-order valence-electron chi connectivity index (χ4n) is 1.39. The molecule has 0 spiro atoms. The molecular weight excluding hydrogens is 245 g/mol. The molecule has 0 radical (unpaired) electrons. The first-order valence-corrected chi connectivity index (χ1v) is 6.22. The topological polar surface area (TPSA) is 49.3 Å². The maximum absolute atomic E-state index is 13.6. The molecule has 3 nitrogen and oxygen atoms in total. The summed E-state index contributed by atoms with van der Waals surface area (Å²) in [5.41, 5.74) is 0.556. The molecule has 0 unspecified atom stereocenters. The molecule has 0 bridgehead atoms. The summed E-state index contributed by atoms with van der Waals surface area (Å²) in [6.07, 6.45) is 0.353. The molecule has 0 saturated heterocycles. The van der Waals surface area contributed by atoms with Crippen LogP contribution in [0.1, 0.15) is 36.2 Å². The number of nitrogens with one attached hydrogen (secondary N) is 1. The third kappa shape index (κ3) is 5.11. The largest absolute Gasteiger partial charge is 0.395 e. The highest BCUT2D eigenvalue weighted by molar-refractivity contribution is 5.94. The minimum atomic E-state index is -0.561. The first kappa shape index (κ1) is 15.2. The van der Waals surface area contributed by atoms with Crippen LogP contribution >= 0.6 is 0 Å². The normalized spacial score (nSPS) is 9.95. The van der Waals surface area contributed by atoms with E-state index in [2.05, 4.69) is 17.2 Å². The number of carbonyl (C=O) groups is 1. The van der Waals surface area contributed by atoms with E-state index >= 15 is 0 Å². The summed E-state index contributed by atoms with van der Waals surface area (Å²) >= 11 is 0. The highest BCUT2D eigenvalue weighted by Crippen LogP contribution is 2.10. The number of aliphatic hydroxyl groups is 1. The molecule has 0 aliphatic heterocycles. The van der Waals surface area contributed by atoms with Crippen molar-refractivity contribution in [3.63, 3.8) is 0 Å². The summed E-state index contributed by atoms with van der Waals surface area (Å²) < 4.78 is 13.6. The van der Waals surface area contributed by atoms with Gasteiger partial charge >= 0.3 is 0 Å². The second-order valence-corrected chi connectivity index (χ2v) is 4.57. The van der Waals surface area contributed by atoms with Gasteiger partial charge in [0.05, 0.1) is 12.2 Å². The van der Waals surface area contributed by atoms with Crippen LogP contribution in [0.3, 0.4) is 0 Å². The number of rotatable bonds is 4. The van der Waals surface area contributed by atoms with Gasteiger partial charge in [-0.05, 0) is 24.1 Å². The third-order valence-electron chi connectivity index (χ3n) is 2.35. The first-order valence-electron chi connectivity index (χ1n) is 6.22. The maximum atomic E-state index is 13.6. The Morgan fingerprint density at radius 1 is 1.47 bits per heavy atom. The Balaban J connectivity index is 2.85. The Morgan fingerprint density at radius 3 is 2.84 bits per heavy atom. The molecular formula is C15H18FNO2. The monoisotopic (exact) mass is 263 g/mol. The lowest BCUT2D eigenvalue weighted by Gasteiger charge is -2.08. The number of halogens is 1. The number of hydrogen-bond acceptors (Lipinski definition) is 2. The van der Waals surface area contributed by atoms with Crippen LogP contribution in [0.5, 0.6) is 0 Å². The first-order chi connectivity index (χ1) is 9.04. The summed E-state index contributed by atoms with van der Waals surface area (Å²) in [4.78, 5) is 11.8. The number of amides is 1. The van der Waals surface area contributed by atoms with Crippen LogP contribution in [0.4, 0.5) is 4.39 Å². The zero-order valence-corrected chi connectivity index (χ0v) is 11.2. The maximum Gasteiger partial charge on any atom is 0.254 e. The van der Waals surface area contributed by atoms with Gasteiger partial charge in [-0.1, -0.05) is 25.7 Å². The molecule has 1 aromatic rings. The SMILES string of the molecule is CC(C)CNC(=O)c1cc(C#CCCO)ccc1F. The molecule has 0 heterocycles. The number of carbonyl (C=O) groups excluding carboxylic acids is 1. The van der Waals surface area contributed by atoms with Gasteiger partial charge in [0, 0.05) is 18.5 Å². The molecule has 0 saturated carbocycles. The molecule has 19 heavy (non-hydrogen) atoms. The van der Waals surface area contributed by atoms with E-state index in [9.17, 15) is 9.18 Å². The quantitative estimate of drug-likeness (QED) is 0.816. The van der Waals surface area contributed by atoms with E-state index < -0.39 is 11.7 Å². The Labute approximate surface area is 112 Å².